The molecule has 4 heteroatoms. The summed E-state index contributed by atoms with van der Waals surface area (Å²) in [6, 6.07) is 0.387. The molecule has 0 bridgehead atoms. The van der Waals surface area contributed by atoms with Gasteiger partial charge in [0.1, 0.15) is 0 Å². The highest BCUT2D eigenvalue weighted by Gasteiger charge is 2.18. The van der Waals surface area contributed by atoms with Gasteiger partial charge in [-0.2, -0.15) is 0 Å². The molecule has 1 aliphatic heterocycles. The smallest absolute Gasteiger partial charge is 0.0794 e. The Hall–Kier alpha value is -0.450. The van der Waals surface area contributed by atoms with Crippen molar-refractivity contribution < 1.29 is 0 Å². The fourth-order valence-electron chi connectivity index (χ4n) is 1.55. The quantitative estimate of drug-likeness (QED) is 0.733. The van der Waals surface area contributed by atoms with E-state index in [4.69, 9.17) is 5.73 Å². The van der Waals surface area contributed by atoms with Gasteiger partial charge in [0, 0.05) is 36.8 Å². The van der Waals surface area contributed by atoms with Gasteiger partial charge in [-0.1, -0.05) is 0 Å². The Kier molecular flexibility index (Phi) is 2.39. The highest BCUT2D eigenvalue weighted by atomic mass is 32.1. The fraction of sp³-hybridized carbons (Fsp3) is 0.625. The predicted molar refractivity (Wildman–Crippen MR) is 50.0 cm³/mol. The largest absolute Gasteiger partial charge is 0.326 e. The van der Waals surface area contributed by atoms with Gasteiger partial charge < -0.3 is 5.73 Å². The van der Waals surface area contributed by atoms with Gasteiger partial charge in [0.25, 0.3) is 0 Å². The second-order valence-electron chi connectivity index (χ2n) is 3.25. The third-order valence-electron chi connectivity index (χ3n) is 2.17. The Balaban J connectivity index is 1.88. The summed E-state index contributed by atoms with van der Waals surface area (Å²) in [5.41, 5.74) is 7.68. The van der Waals surface area contributed by atoms with Gasteiger partial charge in [-0.25, -0.2) is 0 Å². The summed E-state index contributed by atoms with van der Waals surface area (Å²) in [6.45, 7) is 3.20. The van der Waals surface area contributed by atoms with E-state index >= 15 is 0 Å². The normalized spacial score (nSPS) is 24.9. The molecule has 12 heavy (non-hydrogen) atoms. The zero-order valence-electron chi connectivity index (χ0n) is 6.94. The van der Waals surface area contributed by atoms with Gasteiger partial charge in [0.05, 0.1) is 5.51 Å². The lowest BCUT2D eigenvalue weighted by Crippen LogP contribution is -2.25. The summed E-state index contributed by atoms with van der Waals surface area (Å²) in [6.07, 6.45) is 3.08. The summed E-state index contributed by atoms with van der Waals surface area (Å²) in [4.78, 5) is 7.77. The topological polar surface area (TPSA) is 42.1 Å². The van der Waals surface area contributed by atoms with Crippen LogP contribution in [-0.2, 0) is 6.54 Å². The van der Waals surface area contributed by atoms with Crippen molar-refractivity contribution in [1.82, 2.24) is 9.88 Å². The first-order valence-electron chi connectivity index (χ1n) is 4.20. The van der Waals surface area contributed by atoms with Crippen molar-refractivity contribution in [2.75, 3.05) is 13.1 Å². The molecule has 0 aromatic carbocycles. The van der Waals surface area contributed by atoms with Crippen LogP contribution in [0.1, 0.15) is 11.3 Å². The van der Waals surface area contributed by atoms with Gasteiger partial charge in [-0.15, -0.1) is 11.3 Å². The highest BCUT2D eigenvalue weighted by Crippen LogP contribution is 2.14. The van der Waals surface area contributed by atoms with Crippen LogP contribution in [0.4, 0.5) is 0 Å². The molecule has 1 fully saturated rings. The van der Waals surface area contributed by atoms with Gasteiger partial charge in [-0.3, -0.25) is 9.88 Å². The Bertz CT molecular complexity index is 234. The Labute approximate surface area is 76.2 Å². The summed E-state index contributed by atoms with van der Waals surface area (Å²) in [5.74, 6) is 0. The standard InChI is InChI=1S/C8H13N3S/c9-7-1-2-11(4-7)5-8-3-10-6-12-8/h3,6-7H,1-2,4-5,9H2/t7-/m1/s1. The lowest BCUT2D eigenvalue weighted by atomic mass is 10.3. The lowest BCUT2D eigenvalue weighted by Gasteiger charge is -2.12. The van der Waals surface area contributed by atoms with Gasteiger partial charge in [0.2, 0.25) is 0 Å². The van der Waals surface area contributed by atoms with Crippen LogP contribution in [-0.4, -0.2) is 29.0 Å². The minimum atomic E-state index is 0.387. The van der Waals surface area contributed by atoms with Crippen molar-refractivity contribution in [3.8, 4) is 0 Å². The van der Waals surface area contributed by atoms with Crippen LogP contribution in [0.2, 0.25) is 0 Å². The van der Waals surface area contributed by atoms with Crippen molar-refractivity contribution in [3.63, 3.8) is 0 Å². The van der Waals surface area contributed by atoms with E-state index < -0.39 is 0 Å². The molecule has 0 saturated carbocycles. The van der Waals surface area contributed by atoms with Crippen molar-refractivity contribution >= 4 is 11.3 Å². The molecule has 66 valence electrons. The van der Waals surface area contributed by atoms with Crippen LogP contribution < -0.4 is 5.73 Å². The molecule has 1 aliphatic rings. The molecule has 0 spiro atoms. The number of nitrogens with zero attached hydrogens (tertiary/aromatic N) is 2. The number of aromatic nitrogens is 1. The number of nitrogens with two attached hydrogens (primary N) is 1. The average molecular weight is 183 g/mol. The molecule has 0 amide bonds. The van der Waals surface area contributed by atoms with Crippen LogP contribution in [0, 0.1) is 0 Å². The molecule has 1 saturated heterocycles. The molecule has 0 aliphatic carbocycles. The second kappa shape index (κ2) is 3.51. The lowest BCUT2D eigenvalue weighted by molar-refractivity contribution is 0.329. The molecular formula is C8H13N3S. The number of rotatable bonds is 2. The van der Waals surface area contributed by atoms with Crippen molar-refractivity contribution in [2.45, 2.75) is 19.0 Å². The number of hydrogen-bond acceptors (Lipinski definition) is 4. The molecule has 0 unspecified atom stereocenters. The van der Waals surface area contributed by atoms with Gasteiger partial charge in [-0.05, 0) is 6.42 Å². The van der Waals surface area contributed by atoms with E-state index in [2.05, 4.69) is 9.88 Å². The maximum atomic E-state index is 5.80. The summed E-state index contributed by atoms with van der Waals surface area (Å²) in [7, 11) is 0. The number of hydrogen-bond donors (Lipinski definition) is 1. The number of thiazole rings is 1. The van der Waals surface area contributed by atoms with Crippen molar-refractivity contribution in [1.29, 1.82) is 0 Å². The maximum absolute atomic E-state index is 5.80. The van der Waals surface area contributed by atoms with E-state index in [-0.39, 0.29) is 0 Å². The minimum Gasteiger partial charge on any atom is -0.326 e. The van der Waals surface area contributed by atoms with Crippen LogP contribution in [0.15, 0.2) is 11.7 Å². The molecule has 3 nitrogen and oxygen atoms in total. The van der Waals surface area contributed by atoms with Crippen LogP contribution in [0.5, 0.6) is 0 Å². The monoisotopic (exact) mass is 183 g/mol. The number of likely N-dealkylation sites (tertiary alicyclic amines) is 1. The summed E-state index contributed by atoms with van der Waals surface area (Å²) >= 11 is 1.72. The second-order valence-corrected chi connectivity index (χ2v) is 4.22. The zero-order valence-corrected chi connectivity index (χ0v) is 7.76. The van der Waals surface area contributed by atoms with Gasteiger partial charge >= 0.3 is 0 Å². The minimum absolute atomic E-state index is 0.387. The average Bonchev–Trinajstić information content (AvgIpc) is 2.63. The van der Waals surface area contributed by atoms with Gasteiger partial charge in [0.15, 0.2) is 0 Å². The molecule has 1 aromatic rings. The first-order chi connectivity index (χ1) is 5.84. The maximum Gasteiger partial charge on any atom is 0.0794 e. The van der Waals surface area contributed by atoms with E-state index in [1.54, 1.807) is 11.3 Å². The highest BCUT2D eigenvalue weighted by molar-refractivity contribution is 7.09. The molecule has 1 aromatic heterocycles. The van der Waals surface area contributed by atoms with Crippen molar-refractivity contribution in [2.24, 2.45) is 5.73 Å². The van der Waals surface area contributed by atoms with Crippen molar-refractivity contribution in [3.05, 3.63) is 16.6 Å². The summed E-state index contributed by atoms with van der Waals surface area (Å²) < 4.78 is 0. The first kappa shape index (κ1) is 8.16. The van der Waals surface area contributed by atoms with Crippen LogP contribution in [0.3, 0.4) is 0 Å². The van der Waals surface area contributed by atoms with E-state index in [0.717, 1.165) is 26.1 Å². The van der Waals surface area contributed by atoms with E-state index in [1.807, 2.05) is 11.7 Å². The third-order valence-corrected chi connectivity index (χ3v) is 2.94. The van der Waals surface area contributed by atoms with E-state index in [0.29, 0.717) is 6.04 Å². The van der Waals surface area contributed by atoms with Crippen LogP contribution in [0.25, 0.3) is 0 Å². The Morgan fingerprint density at radius 3 is 3.25 bits per heavy atom. The predicted octanol–water partition coefficient (Wildman–Crippen LogP) is 0.676. The molecule has 1 atom stereocenters. The van der Waals surface area contributed by atoms with E-state index in [1.165, 1.54) is 4.88 Å². The fourth-order valence-corrected chi connectivity index (χ4v) is 2.18. The van der Waals surface area contributed by atoms with E-state index in [9.17, 15) is 0 Å². The Morgan fingerprint density at radius 2 is 2.67 bits per heavy atom. The molecule has 0 radical (unpaired) electrons. The molecular weight excluding hydrogens is 170 g/mol. The SMILES string of the molecule is N[C@@H]1CCN(Cc2cncs2)C1. The molecule has 2 N–H and O–H groups in total. The zero-order chi connectivity index (χ0) is 8.39. The first-order valence-corrected chi connectivity index (χ1v) is 5.08. The molecule has 2 heterocycles. The Morgan fingerprint density at radius 1 is 1.75 bits per heavy atom. The molecule has 2 rings (SSSR count). The van der Waals surface area contributed by atoms with Crippen LogP contribution >= 0.6 is 11.3 Å². The third kappa shape index (κ3) is 1.83. The summed E-state index contributed by atoms with van der Waals surface area (Å²) in [5, 5.41) is 0.